The number of sulfonamides is 1. The minimum atomic E-state index is -4.08. The first-order valence-electron chi connectivity index (χ1n) is 9.17. The van der Waals surface area contributed by atoms with E-state index in [0.717, 1.165) is 22.5 Å². The third-order valence-electron chi connectivity index (χ3n) is 5.42. The summed E-state index contributed by atoms with van der Waals surface area (Å²) in [6, 6.07) is 2.93. The SMILES string of the molecule is CN1/C(=N/C(=O)OC(C)(C)C)N[C@](C)(c2cc([N+](=O)[O-])ccc2F)C2(CC2)S1(=O)=O. The normalized spacial score (nSPS) is 25.7. The summed E-state index contributed by atoms with van der Waals surface area (Å²) in [5, 5.41) is 14.1. The Kier molecular flexibility index (Phi) is 4.84. The zero-order valence-corrected chi connectivity index (χ0v) is 18.0. The lowest BCUT2D eigenvalue weighted by atomic mass is 9.85. The molecule has 0 radical (unpaired) electrons. The lowest BCUT2D eigenvalue weighted by molar-refractivity contribution is -0.385. The number of carbonyl (C=O) groups excluding carboxylic acids is 1. The molecule has 1 aliphatic carbocycles. The number of hydrogen-bond donors (Lipinski definition) is 1. The van der Waals surface area contributed by atoms with Crippen LogP contribution in [0.15, 0.2) is 23.2 Å². The van der Waals surface area contributed by atoms with Crippen molar-refractivity contribution in [1.82, 2.24) is 9.62 Å². The Bertz CT molecular complexity index is 1060. The van der Waals surface area contributed by atoms with Crippen LogP contribution in [0, 0.1) is 15.9 Å². The van der Waals surface area contributed by atoms with Crippen molar-refractivity contribution in [3.8, 4) is 0 Å². The summed E-state index contributed by atoms with van der Waals surface area (Å²) in [4.78, 5) is 26.4. The molecule has 0 bridgehead atoms. The molecule has 1 N–H and O–H groups in total. The number of hydrogen-bond acceptors (Lipinski definition) is 6. The lowest BCUT2D eigenvalue weighted by Gasteiger charge is -2.47. The van der Waals surface area contributed by atoms with Crippen LogP contribution < -0.4 is 5.32 Å². The fraction of sp³-hybridized carbons (Fsp3) is 0.556. The van der Waals surface area contributed by atoms with E-state index in [1.165, 1.54) is 14.0 Å². The molecule has 1 saturated carbocycles. The predicted octanol–water partition coefficient (Wildman–Crippen LogP) is 2.64. The van der Waals surface area contributed by atoms with E-state index in [1.807, 2.05) is 0 Å². The third-order valence-corrected chi connectivity index (χ3v) is 8.12. The molecule has 1 amide bonds. The second-order valence-electron chi connectivity index (χ2n) is 8.55. The van der Waals surface area contributed by atoms with Crippen LogP contribution >= 0.6 is 0 Å². The van der Waals surface area contributed by atoms with Gasteiger partial charge in [0.25, 0.3) is 5.69 Å². The van der Waals surface area contributed by atoms with Gasteiger partial charge in [-0.15, -0.1) is 4.99 Å². The van der Waals surface area contributed by atoms with E-state index in [2.05, 4.69) is 10.3 Å². The summed E-state index contributed by atoms with van der Waals surface area (Å²) in [5.41, 5.74) is -3.04. The average molecular weight is 442 g/mol. The highest BCUT2D eigenvalue weighted by molar-refractivity contribution is 7.91. The van der Waals surface area contributed by atoms with E-state index in [4.69, 9.17) is 4.74 Å². The van der Waals surface area contributed by atoms with Crippen molar-refractivity contribution in [1.29, 1.82) is 0 Å². The van der Waals surface area contributed by atoms with Gasteiger partial charge in [0.05, 0.1) is 10.5 Å². The smallest absolute Gasteiger partial charge is 0.437 e. The second-order valence-corrected chi connectivity index (χ2v) is 10.8. The van der Waals surface area contributed by atoms with Crippen LogP contribution in [0.25, 0.3) is 0 Å². The van der Waals surface area contributed by atoms with Gasteiger partial charge in [-0.3, -0.25) is 10.1 Å². The Morgan fingerprint density at radius 2 is 1.97 bits per heavy atom. The molecular weight excluding hydrogens is 419 g/mol. The molecule has 2 fully saturated rings. The fourth-order valence-electron chi connectivity index (χ4n) is 3.71. The van der Waals surface area contributed by atoms with Gasteiger partial charge in [0.15, 0.2) is 0 Å². The van der Waals surface area contributed by atoms with Crippen LogP contribution in [-0.4, -0.2) is 47.1 Å². The number of ether oxygens (including phenoxy) is 1. The Balaban J connectivity index is 2.16. The second kappa shape index (κ2) is 6.62. The number of nitrogens with zero attached hydrogens (tertiary/aromatic N) is 3. The van der Waals surface area contributed by atoms with E-state index in [1.54, 1.807) is 20.8 Å². The maximum absolute atomic E-state index is 14.8. The topological polar surface area (TPSA) is 131 Å². The zero-order valence-electron chi connectivity index (χ0n) is 17.2. The maximum Gasteiger partial charge on any atom is 0.437 e. The summed E-state index contributed by atoms with van der Waals surface area (Å²) in [6.45, 7) is 6.32. The number of non-ortho nitro benzene ring substituents is 1. The molecule has 3 rings (SSSR count). The first-order valence-corrected chi connectivity index (χ1v) is 10.6. The standard InChI is InChI=1S/C18H23FN4O6S/c1-16(2,3)29-15(24)20-14-21-17(4,18(8-9-18)30(27,28)22(14)5)12-10-11(23(25)26)6-7-13(12)19/h6-7,10H,8-9H2,1-5H3,(H,20,21,24)/t17-/m1/s1. The van der Waals surface area contributed by atoms with Crippen LogP contribution in [0.1, 0.15) is 46.1 Å². The molecule has 2 aliphatic rings. The molecule has 1 atom stereocenters. The van der Waals surface area contributed by atoms with Gasteiger partial charge in [-0.1, -0.05) is 0 Å². The first-order chi connectivity index (χ1) is 13.6. The highest BCUT2D eigenvalue weighted by Gasteiger charge is 2.71. The monoisotopic (exact) mass is 442 g/mol. The number of aliphatic imine (C=N–C) groups is 1. The molecule has 30 heavy (non-hydrogen) atoms. The number of nitrogens with one attached hydrogen (secondary N) is 1. The molecule has 12 heteroatoms. The van der Waals surface area contributed by atoms with Gasteiger partial charge < -0.3 is 10.1 Å². The van der Waals surface area contributed by atoms with Crippen molar-refractivity contribution < 1.29 is 27.3 Å². The molecule has 10 nitrogen and oxygen atoms in total. The lowest BCUT2D eigenvalue weighted by Crippen LogP contribution is -2.68. The summed E-state index contributed by atoms with van der Waals surface area (Å²) in [6.07, 6.45) is -0.601. The van der Waals surface area contributed by atoms with Gasteiger partial charge in [-0.25, -0.2) is 21.9 Å². The van der Waals surface area contributed by atoms with Crippen LogP contribution in [0.4, 0.5) is 14.9 Å². The number of halogens is 1. The molecule has 1 saturated heterocycles. The van der Waals surface area contributed by atoms with Gasteiger partial charge in [0.2, 0.25) is 16.0 Å². The third kappa shape index (κ3) is 3.28. The van der Waals surface area contributed by atoms with Crippen LogP contribution in [0.2, 0.25) is 0 Å². The molecule has 0 aromatic heterocycles. The molecule has 164 valence electrons. The number of rotatable bonds is 2. The number of amides is 1. The van der Waals surface area contributed by atoms with Crippen molar-refractivity contribution in [3.05, 3.63) is 39.7 Å². The number of guanidine groups is 1. The highest BCUT2D eigenvalue weighted by Crippen LogP contribution is 2.59. The van der Waals surface area contributed by atoms with E-state index >= 15 is 0 Å². The zero-order chi connectivity index (χ0) is 22.7. The van der Waals surface area contributed by atoms with Gasteiger partial charge in [-0.05, 0) is 46.6 Å². The number of carbonyl (C=O) groups is 1. The summed E-state index contributed by atoms with van der Waals surface area (Å²) >= 11 is 0. The minimum absolute atomic E-state index is 0.192. The molecular formula is C18H23FN4O6S. The molecule has 1 spiro atoms. The number of nitro benzene ring substituents is 1. The van der Waals surface area contributed by atoms with E-state index in [9.17, 15) is 27.7 Å². The van der Waals surface area contributed by atoms with Crippen LogP contribution in [0.5, 0.6) is 0 Å². The van der Waals surface area contributed by atoms with Crippen molar-refractivity contribution >= 4 is 27.8 Å². The largest absolute Gasteiger partial charge is 0.442 e. The average Bonchev–Trinajstić information content (AvgIpc) is 3.40. The Labute approximate surface area is 173 Å². The van der Waals surface area contributed by atoms with Crippen LogP contribution in [-0.2, 0) is 20.3 Å². The number of benzene rings is 1. The minimum Gasteiger partial charge on any atom is -0.442 e. The van der Waals surface area contributed by atoms with Gasteiger partial charge in [-0.2, -0.15) is 0 Å². The van der Waals surface area contributed by atoms with Gasteiger partial charge in [0.1, 0.15) is 16.2 Å². The Morgan fingerprint density at radius 3 is 2.47 bits per heavy atom. The number of nitro groups is 1. The van der Waals surface area contributed by atoms with E-state index in [-0.39, 0.29) is 30.1 Å². The molecule has 1 aromatic carbocycles. The summed E-state index contributed by atoms with van der Waals surface area (Å²) < 4.78 is 45.9. The molecule has 0 unspecified atom stereocenters. The van der Waals surface area contributed by atoms with Crippen molar-refractivity contribution in [2.45, 2.75) is 56.4 Å². The molecule has 1 heterocycles. The maximum atomic E-state index is 14.8. The Hall–Kier alpha value is -2.76. The first kappa shape index (κ1) is 21.9. The summed E-state index contributed by atoms with van der Waals surface area (Å²) in [7, 11) is -2.85. The van der Waals surface area contributed by atoms with Gasteiger partial charge in [0, 0.05) is 24.7 Å². The molecule has 1 aliphatic heterocycles. The van der Waals surface area contributed by atoms with Crippen molar-refractivity contribution in [3.63, 3.8) is 0 Å². The van der Waals surface area contributed by atoms with Crippen LogP contribution in [0.3, 0.4) is 0 Å². The summed E-state index contributed by atoms with van der Waals surface area (Å²) in [5.74, 6) is -1.16. The highest BCUT2D eigenvalue weighted by atomic mass is 32.2. The molecule has 1 aromatic rings. The van der Waals surface area contributed by atoms with Gasteiger partial charge >= 0.3 is 6.09 Å². The van der Waals surface area contributed by atoms with Crippen molar-refractivity contribution in [2.75, 3.05) is 7.05 Å². The van der Waals surface area contributed by atoms with Crippen molar-refractivity contribution in [2.24, 2.45) is 4.99 Å². The van der Waals surface area contributed by atoms with E-state index in [0.29, 0.717) is 0 Å². The predicted molar refractivity (Wildman–Crippen MR) is 106 cm³/mol. The fourth-order valence-corrected chi connectivity index (χ4v) is 5.85. The quantitative estimate of drug-likeness (QED) is 0.550. The van der Waals surface area contributed by atoms with E-state index < -0.39 is 42.7 Å². The Morgan fingerprint density at radius 1 is 1.37 bits per heavy atom.